The smallest absolute Gasteiger partial charge is 0.179 e. The number of nitrogens with two attached hydrogens (primary N) is 1. The van der Waals surface area contributed by atoms with Crippen molar-refractivity contribution in [1.82, 2.24) is 30.2 Å². The van der Waals surface area contributed by atoms with Crippen molar-refractivity contribution in [2.45, 2.75) is 13.0 Å². The first-order valence-corrected chi connectivity index (χ1v) is 6.39. The number of H-pyrrole nitrogens is 1. The van der Waals surface area contributed by atoms with Crippen LogP contribution in [0, 0.1) is 0 Å². The fourth-order valence-electron chi connectivity index (χ4n) is 2.19. The van der Waals surface area contributed by atoms with E-state index in [1.807, 2.05) is 30.7 Å². The molecule has 0 saturated heterocycles. The van der Waals surface area contributed by atoms with E-state index in [0.29, 0.717) is 18.9 Å². The van der Waals surface area contributed by atoms with E-state index in [9.17, 15) is 0 Å². The number of aromatic amines is 1. The quantitative estimate of drug-likeness (QED) is 0.707. The predicted octanol–water partition coefficient (Wildman–Crippen LogP) is 0.613. The van der Waals surface area contributed by atoms with Gasteiger partial charge in [-0.05, 0) is 22.5 Å². The van der Waals surface area contributed by atoms with Crippen LogP contribution < -0.4 is 5.73 Å². The lowest BCUT2D eigenvalue weighted by molar-refractivity contribution is 0.733. The minimum Gasteiger partial charge on any atom is -0.330 e. The molecule has 2 heterocycles. The standard InChI is InChI=1S/C13H15N7/c14-6-5-11-7-15-9-20(11)8-10-3-1-2-4-12(10)13-16-18-19-17-13/h1-4,7,9H,5-6,8,14H2,(H,16,17,18,19). The van der Waals surface area contributed by atoms with Crippen LogP contribution in [-0.2, 0) is 13.0 Å². The lowest BCUT2D eigenvalue weighted by atomic mass is 10.1. The van der Waals surface area contributed by atoms with Crippen LogP contribution in [0.3, 0.4) is 0 Å². The molecule has 0 bridgehead atoms. The minimum atomic E-state index is 0.610. The second-order valence-corrected chi connectivity index (χ2v) is 4.46. The van der Waals surface area contributed by atoms with E-state index < -0.39 is 0 Å². The van der Waals surface area contributed by atoms with Gasteiger partial charge in [-0.1, -0.05) is 24.3 Å². The summed E-state index contributed by atoms with van der Waals surface area (Å²) in [5.74, 6) is 0.668. The molecule has 0 aliphatic rings. The Morgan fingerprint density at radius 3 is 2.95 bits per heavy atom. The van der Waals surface area contributed by atoms with Gasteiger partial charge in [-0.2, -0.15) is 0 Å². The van der Waals surface area contributed by atoms with Crippen molar-refractivity contribution in [3.05, 3.63) is 48.0 Å². The molecule has 20 heavy (non-hydrogen) atoms. The molecule has 0 aliphatic carbocycles. The number of aromatic nitrogens is 6. The van der Waals surface area contributed by atoms with Crippen molar-refractivity contribution in [2.75, 3.05) is 6.54 Å². The normalized spacial score (nSPS) is 10.8. The molecule has 3 aromatic rings. The van der Waals surface area contributed by atoms with Crippen LogP contribution in [0.5, 0.6) is 0 Å². The second-order valence-electron chi connectivity index (χ2n) is 4.46. The van der Waals surface area contributed by atoms with Gasteiger partial charge in [0.05, 0.1) is 6.33 Å². The molecule has 7 heteroatoms. The van der Waals surface area contributed by atoms with Gasteiger partial charge < -0.3 is 10.3 Å². The molecule has 102 valence electrons. The number of nitrogens with one attached hydrogen (secondary N) is 1. The van der Waals surface area contributed by atoms with Crippen molar-refractivity contribution in [1.29, 1.82) is 0 Å². The molecule has 1 aromatic carbocycles. The van der Waals surface area contributed by atoms with E-state index in [-0.39, 0.29) is 0 Å². The summed E-state index contributed by atoms with van der Waals surface area (Å²) in [4.78, 5) is 4.19. The predicted molar refractivity (Wildman–Crippen MR) is 73.7 cm³/mol. The molecule has 0 aliphatic heterocycles. The van der Waals surface area contributed by atoms with Gasteiger partial charge in [0.25, 0.3) is 0 Å². The van der Waals surface area contributed by atoms with Gasteiger partial charge in [0.2, 0.25) is 0 Å². The van der Waals surface area contributed by atoms with Gasteiger partial charge in [-0.25, -0.2) is 10.1 Å². The van der Waals surface area contributed by atoms with Crippen LogP contribution in [0.15, 0.2) is 36.8 Å². The van der Waals surface area contributed by atoms with Gasteiger partial charge in [-0.3, -0.25) is 0 Å². The number of imidazole rings is 1. The number of rotatable bonds is 5. The average Bonchev–Trinajstić information content (AvgIpc) is 3.12. The third-order valence-electron chi connectivity index (χ3n) is 3.16. The van der Waals surface area contributed by atoms with Crippen molar-refractivity contribution < 1.29 is 0 Å². The minimum absolute atomic E-state index is 0.610. The molecule has 7 nitrogen and oxygen atoms in total. The van der Waals surface area contributed by atoms with Crippen molar-refractivity contribution in [3.63, 3.8) is 0 Å². The van der Waals surface area contributed by atoms with Crippen LogP contribution in [0.4, 0.5) is 0 Å². The fraction of sp³-hybridized carbons (Fsp3) is 0.231. The number of hydrogen-bond acceptors (Lipinski definition) is 5. The zero-order valence-corrected chi connectivity index (χ0v) is 10.9. The van der Waals surface area contributed by atoms with Gasteiger partial charge >= 0.3 is 0 Å². The Labute approximate surface area is 115 Å². The highest BCUT2D eigenvalue weighted by molar-refractivity contribution is 5.59. The van der Waals surface area contributed by atoms with Crippen LogP contribution in [0.25, 0.3) is 11.4 Å². The van der Waals surface area contributed by atoms with E-state index in [4.69, 9.17) is 5.73 Å². The maximum absolute atomic E-state index is 5.62. The molecule has 0 amide bonds. The number of nitrogens with zero attached hydrogens (tertiary/aromatic N) is 5. The summed E-state index contributed by atoms with van der Waals surface area (Å²) in [5, 5.41) is 14.0. The molecule has 0 spiro atoms. The third-order valence-corrected chi connectivity index (χ3v) is 3.16. The average molecular weight is 269 g/mol. The van der Waals surface area contributed by atoms with Crippen LogP contribution in [0.1, 0.15) is 11.3 Å². The Morgan fingerprint density at radius 1 is 1.25 bits per heavy atom. The maximum Gasteiger partial charge on any atom is 0.179 e. The second kappa shape index (κ2) is 5.62. The van der Waals surface area contributed by atoms with Gasteiger partial charge in [0.15, 0.2) is 5.82 Å². The molecule has 0 saturated carbocycles. The van der Waals surface area contributed by atoms with E-state index in [2.05, 4.69) is 36.2 Å². The van der Waals surface area contributed by atoms with Crippen LogP contribution in [0.2, 0.25) is 0 Å². The van der Waals surface area contributed by atoms with Crippen LogP contribution in [-0.4, -0.2) is 36.7 Å². The molecular weight excluding hydrogens is 254 g/mol. The topological polar surface area (TPSA) is 98.3 Å². The highest BCUT2D eigenvalue weighted by Gasteiger charge is 2.10. The number of hydrogen-bond donors (Lipinski definition) is 2. The summed E-state index contributed by atoms with van der Waals surface area (Å²) in [6.45, 7) is 1.32. The lowest BCUT2D eigenvalue weighted by Gasteiger charge is -2.10. The summed E-state index contributed by atoms with van der Waals surface area (Å²) >= 11 is 0. The lowest BCUT2D eigenvalue weighted by Crippen LogP contribution is -2.09. The zero-order valence-electron chi connectivity index (χ0n) is 10.9. The SMILES string of the molecule is NCCc1cncn1Cc1ccccc1-c1nnn[nH]1. The maximum atomic E-state index is 5.62. The van der Waals surface area contributed by atoms with E-state index in [1.54, 1.807) is 0 Å². The molecule has 3 N–H and O–H groups in total. The number of benzene rings is 1. The van der Waals surface area contributed by atoms with E-state index in [1.165, 1.54) is 0 Å². The molecule has 0 atom stereocenters. The molecule has 0 radical (unpaired) electrons. The Hall–Kier alpha value is -2.54. The fourth-order valence-corrected chi connectivity index (χ4v) is 2.19. The van der Waals surface area contributed by atoms with E-state index >= 15 is 0 Å². The van der Waals surface area contributed by atoms with Crippen molar-refractivity contribution in [2.24, 2.45) is 5.73 Å². The van der Waals surface area contributed by atoms with Crippen molar-refractivity contribution >= 4 is 0 Å². The summed E-state index contributed by atoms with van der Waals surface area (Å²) < 4.78 is 2.09. The molecule has 2 aromatic heterocycles. The van der Waals surface area contributed by atoms with Gasteiger partial charge in [-0.15, -0.1) is 5.10 Å². The molecule has 3 rings (SSSR count). The Balaban J connectivity index is 1.93. The molecule has 0 unspecified atom stereocenters. The molecule has 0 fully saturated rings. The van der Waals surface area contributed by atoms with Crippen molar-refractivity contribution in [3.8, 4) is 11.4 Å². The monoisotopic (exact) mass is 269 g/mol. The van der Waals surface area contributed by atoms with E-state index in [0.717, 1.165) is 23.2 Å². The Bertz CT molecular complexity index is 672. The van der Waals surface area contributed by atoms with Gasteiger partial charge in [0.1, 0.15) is 0 Å². The molecular formula is C13H15N7. The first kappa shape index (κ1) is 12.5. The highest BCUT2D eigenvalue weighted by Crippen LogP contribution is 2.20. The first-order valence-electron chi connectivity index (χ1n) is 6.39. The summed E-state index contributed by atoms with van der Waals surface area (Å²) in [7, 11) is 0. The summed E-state index contributed by atoms with van der Waals surface area (Å²) in [5.41, 5.74) is 8.86. The van der Waals surface area contributed by atoms with Crippen LogP contribution >= 0.6 is 0 Å². The zero-order chi connectivity index (χ0) is 13.8. The highest BCUT2D eigenvalue weighted by atomic mass is 15.5. The number of tetrazole rings is 1. The largest absolute Gasteiger partial charge is 0.330 e. The summed E-state index contributed by atoms with van der Waals surface area (Å²) in [6.07, 6.45) is 4.48. The van der Waals surface area contributed by atoms with Gasteiger partial charge in [0, 0.05) is 30.4 Å². The Kier molecular flexibility index (Phi) is 3.51. The Morgan fingerprint density at radius 2 is 2.15 bits per heavy atom. The first-order chi connectivity index (χ1) is 9.88. The summed E-state index contributed by atoms with van der Waals surface area (Å²) in [6, 6.07) is 8.03. The third kappa shape index (κ3) is 2.43.